The van der Waals surface area contributed by atoms with E-state index in [1.807, 2.05) is 13.0 Å². The number of furan rings is 1. The summed E-state index contributed by atoms with van der Waals surface area (Å²) in [6, 6.07) is 4.84. The molecule has 1 aromatic rings. The van der Waals surface area contributed by atoms with Crippen LogP contribution < -0.4 is 0 Å². The summed E-state index contributed by atoms with van der Waals surface area (Å²) in [4.78, 5) is 0. The zero-order valence-corrected chi connectivity index (χ0v) is 5.19. The smallest absolute Gasteiger partial charge is 0.109 e. The molecule has 0 saturated heterocycles. The second-order valence-corrected chi connectivity index (χ2v) is 1.77. The lowest BCUT2D eigenvalue weighted by Crippen LogP contribution is -1.67. The summed E-state index contributed by atoms with van der Waals surface area (Å²) in [6.07, 6.45) is 0.963. The number of aryl methyl sites for hydroxylation is 2. The number of hydrogen-bond acceptors (Lipinski definition) is 1. The van der Waals surface area contributed by atoms with Crippen molar-refractivity contribution >= 4 is 0 Å². The van der Waals surface area contributed by atoms with Gasteiger partial charge in [0.15, 0.2) is 0 Å². The highest BCUT2D eigenvalue weighted by atomic mass is 16.3. The van der Waals surface area contributed by atoms with Gasteiger partial charge in [0.2, 0.25) is 0 Å². The summed E-state index contributed by atoms with van der Waals surface area (Å²) in [7, 11) is 0. The van der Waals surface area contributed by atoms with Crippen LogP contribution in [0.1, 0.15) is 18.4 Å². The van der Waals surface area contributed by atoms with Crippen molar-refractivity contribution in [1.82, 2.24) is 0 Å². The molecule has 0 N–H and O–H groups in total. The van der Waals surface area contributed by atoms with Gasteiger partial charge in [-0.1, -0.05) is 6.92 Å². The minimum atomic E-state index is 0.877. The molecule has 1 heterocycles. The van der Waals surface area contributed by atoms with E-state index in [-0.39, 0.29) is 0 Å². The molecule has 1 rings (SSSR count). The molecule has 0 aromatic carbocycles. The van der Waals surface area contributed by atoms with Crippen LogP contribution in [0, 0.1) is 13.0 Å². The second-order valence-electron chi connectivity index (χ2n) is 1.77. The van der Waals surface area contributed by atoms with Gasteiger partial charge in [0.25, 0.3) is 0 Å². The molecule has 0 spiro atoms. The molecular weight excluding hydrogens is 100 g/mol. The lowest BCUT2D eigenvalue weighted by Gasteiger charge is -1.82. The van der Waals surface area contributed by atoms with E-state index in [1.165, 1.54) is 0 Å². The van der Waals surface area contributed by atoms with Gasteiger partial charge in [0.05, 0.1) is 0 Å². The van der Waals surface area contributed by atoms with E-state index in [0.717, 1.165) is 17.9 Å². The predicted octanol–water partition coefficient (Wildman–Crippen LogP) is 1.95. The number of rotatable bonds is 1. The topological polar surface area (TPSA) is 13.1 Å². The van der Waals surface area contributed by atoms with Gasteiger partial charge >= 0.3 is 0 Å². The molecule has 0 amide bonds. The average Bonchev–Trinajstić information content (AvgIpc) is 2.14. The van der Waals surface area contributed by atoms with Crippen LogP contribution in [0.4, 0.5) is 0 Å². The van der Waals surface area contributed by atoms with Crippen LogP contribution in [0.25, 0.3) is 0 Å². The third kappa shape index (κ3) is 0.915. The van der Waals surface area contributed by atoms with Gasteiger partial charge in [0.1, 0.15) is 11.5 Å². The summed E-state index contributed by atoms with van der Waals surface area (Å²) in [5, 5.41) is 0. The fourth-order valence-corrected chi connectivity index (χ4v) is 0.612. The minimum absolute atomic E-state index is 0.877. The molecule has 0 fully saturated rings. The van der Waals surface area contributed by atoms with E-state index >= 15 is 0 Å². The molecule has 8 heavy (non-hydrogen) atoms. The van der Waals surface area contributed by atoms with Crippen molar-refractivity contribution in [3.63, 3.8) is 0 Å². The fraction of sp³-hybridized carbons (Fsp3) is 0.429. The SMILES string of the molecule is CCc1c[c]c(C)o1. The van der Waals surface area contributed by atoms with Crippen LogP contribution in [0.3, 0.4) is 0 Å². The number of hydrogen-bond donors (Lipinski definition) is 0. The Labute approximate surface area is 49.3 Å². The molecule has 43 valence electrons. The first-order chi connectivity index (χ1) is 3.83. The van der Waals surface area contributed by atoms with Gasteiger partial charge in [-0.25, -0.2) is 0 Å². The highest BCUT2D eigenvalue weighted by molar-refractivity contribution is 5.02. The van der Waals surface area contributed by atoms with Crippen LogP contribution in [-0.2, 0) is 6.42 Å². The van der Waals surface area contributed by atoms with E-state index in [1.54, 1.807) is 0 Å². The van der Waals surface area contributed by atoms with Gasteiger partial charge in [-0.15, -0.1) is 0 Å². The Kier molecular flexibility index (Phi) is 1.38. The average molecular weight is 109 g/mol. The summed E-state index contributed by atoms with van der Waals surface area (Å²) >= 11 is 0. The molecule has 1 nitrogen and oxygen atoms in total. The van der Waals surface area contributed by atoms with Crippen molar-refractivity contribution in [3.05, 3.63) is 23.7 Å². The van der Waals surface area contributed by atoms with Crippen molar-refractivity contribution in [3.8, 4) is 0 Å². The molecule has 1 aromatic heterocycles. The lowest BCUT2D eigenvalue weighted by atomic mass is 10.4. The fourth-order valence-electron chi connectivity index (χ4n) is 0.612. The first-order valence-electron chi connectivity index (χ1n) is 2.80. The maximum absolute atomic E-state index is 5.18. The monoisotopic (exact) mass is 109 g/mol. The maximum atomic E-state index is 5.18. The highest BCUT2D eigenvalue weighted by Crippen LogP contribution is 2.04. The Bertz CT molecular complexity index is 165. The van der Waals surface area contributed by atoms with Crippen LogP contribution >= 0.6 is 0 Å². The third-order valence-electron chi connectivity index (χ3n) is 1.07. The second kappa shape index (κ2) is 2.03. The molecule has 0 unspecified atom stereocenters. The third-order valence-corrected chi connectivity index (χ3v) is 1.07. The van der Waals surface area contributed by atoms with E-state index in [0.29, 0.717) is 0 Å². The van der Waals surface area contributed by atoms with Gasteiger partial charge in [-0.3, -0.25) is 0 Å². The Morgan fingerprint density at radius 3 is 2.75 bits per heavy atom. The molecule has 0 aliphatic carbocycles. The van der Waals surface area contributed by atoms with Crippen molar-refractivity contribution in [2.45, 2.75) is 20.3 Å². The first-order valence-corrected chi connectivity index (χ1v) is 2.80. The molecule has 0 atom stereocenters. The quantitative estimate of drug-likeness (QED) is 0.537. The Hall–Kier alpha value is -0.720. The molecule has 0 aliphatic heterocycles. The molecule has 0 aliphatic rings. The van der Waals surface area contributed by atoms with Crippen LogP contribution in [0.2, 0.25) is 0 Å². The summed E-state index contributed by atoms with van der Waals surface area (Å²) in [5.41, 5.74) is 0. The van der Waals surface area contributed by atoms with Gasteiger partial charge in [-0.05, 0) is 13.0 Å². The maximum Gasteiger partial charge on any atom is 0.109 e. The van der Waals surface area contributed by atoms with E-state index < -0.39 is 0 Å². The molecule has 0 bridgehead atoms. The molecular formula is C7H9O. The lowest BCUT2D eigenvalue weighted by molar-refractivity contribution is 0.488. The summed E-state index contributed by atoms with van der Waals surface area (Å²) in [6.45, 7) is 3.96. The first kappa shape index (κ1) is 5.42. The normalized spacial score (nSPS) is 9.75. The predicted molar refractivity (Wildman–Crippen MR) is 31.7 cm³/mol. The Balaban J connectivity index is 2.84. The van der Waals surface area contributed by atoms with Crippen LogP contribution in [0.15, 0.2) is 10.5 Å². The highest BCUT2D eigenvalue weighted by Gasteiger charge is 1.91. The zero-order chi connectivity index (χ0) is 5.98. The van der Waals surface area contributed by atoms with Crippen molar-refractivity contribution in [2.24, 2.45) is 0 Å². The van der Waals surface area contributed by atoms with Gasteiger partial charge in [-0.2, -0.15) is 0 Å². The van der Waals surface area contributed by atoms with Crippen molar-refractivity contribution in [1.29, 1.82) is 0 Å². The van der Waals surface area contributed by atoms with Gasteiger partial charge < -0.3 is 4.42 Å². The minimum Gasteiger partial charge on any atom is -0.466 e. The standard InChI is InChI=1S/C7H9O/c1-3-7-5-4-6(2)8-7/h5H,3H2,1-2H3. The van der Waals surface area contributed by atoms with Crippen LogP contribution in [-0.4, -0.2) is 0 Å². The summed E-state index contributed by atoms with van der Waals surface area (Å²) < 4.78 is 5.18. The van der Waals surface area contributed by atoms with Crippen molar-refractivity contribution in [2.75, 3.05) is 0 Å². The van der Waals surface area contributed by atoms with E-state index in [2.05, 4.69) is 13.0 Å². The van der Waals surface area contributed by atoms with E-state index in [9.17, 15) is 0 Å². The van der Waals surface area contributed by atoms with Crippen molar-refractivity contribution < 1.29 is 4.42 Å². The zero-order valence-electron chi connectivity index (χ0n) is 5.19. The Morgan fingerprint density at radius 2 is 2.50 bits per heavy atom. The summed E-state index contributed by atoms with van der Waals surface area (Å²) in [5.74, 6) is 1.89. The largest absolute Gasteiger partial charge is 0.466 e. The van der Waals surface area contributed by atoms with Crippen LogP contribution in [0.5, 0.6) is 0 Å². The van der Waals surface area contributed by atoms with Gasteiger partial charge in [0, 0.05) is 12.5 Å². The molecule has 0 saturated carbocycles. The Morgan fingerprint density at radius 1 is 1.75 bits per heavy atom. The molecule has 1 radical (unpaired) electrons. The van der Waals surface area contributed by atoms with E-state index in [4.69, 9.17) is 4.42 Å². The molecule has 1 heteroatoms.